The number of carboxylic acids is 1. The van der Waals surface area contributed by atoms with Crippen molar-refractivity contribution in [2.75, 3.05) is 13.7 Å². The summed E-state index contributed by atoms with van der Waals surface area (Å²) in [5, 5.41) is 9.66. The van der Waals surface area contributed by atoms with Gasteiger partial charge in [0, 0.05) is 6.54 Å². The van der Waals surface area contributed by atoms with Crippen LogP contribution in [0.1, 0.15) is 22.8 Å². The molecule has 1 fully saturated rings. The fourth-order valence-electron chi connectivity index (χ4n) is 2.82. The van der Waals surface area contributed by atoms with Crippen LogP contribution < -0.4 is 4.74 Å². The summed E-state index contributed by atoms with van der Waals surface area (Å²) >= 11 is 1.26. The molecule has 29 heavy (non-hydrogen) atoms. The van der Waals surface area contributed by atoms with Gasteiger partial charge in [0.1, 0.15) is 5.75 Å². The molecule has 0 bridgehead atoms. The summed E-state index contributed by atoms with van der Waals surface area (Å²) in [6, 6.07) is 13.8. The van der Waals surface area contributed by atoms with Crippen LogP contribution in [0.15, 0.2) is 71.1 Å². The molecule has 0 aromatic heterocycles. The number of aromatic carboxylic acids is 1. The van der Waals surface area contributed by atoms with Gasteiger partial charge in [0.05, 0.1) is 23.3 Å². The Bertz CT molecular complexity index is 1040. The summed E-state index contributed by atoms with van der Waals surface area (Å²) in [6.07, 6.45) is 1.63. The molecule has 3 rings (SSSR count). The normalized spacial score (nSPS) is 16.8. The molecule has 0 spiro atoms. The smallest absolute Gasteiger partial charge is 0.335 e. The van der Waals surface area contributed by atoms with Gasteiger partial charge in [-0.05, 0) is 60.2 Å². The third-order valence-electron chi connectivity index (χ3n) is 4.34. The van der Waals surface area contributed by atoms with Crippen molar-refractivity contribution in [3.05, 3.63) is 77.2 Å². The number of thioether (sulfide) groups is 1. The number of methoxy groups -OCH3 is 1. The molecule has 0 aliphatic carbocycles. The molecule has 0 radical (unpaired) electrons. The Morgan fingerprint density at radius 2 is 1.97 bits per heavy atom. The summed E-state index contributed by atoms with van der Waals surface area (Å²) < 4.78 is 5.28. The molecule has 2 aromatic carbocycles. The SMILES string of the molecule is C=CCN1C(=O)/C(=C(\C)c2cccc(OC)c2)SC1=Nc1cccc(C(=O)O)c1. The Hall–Kier alpha value is -3.32. The lowest BCUT2D eigenvalue weighted by Crippen LogP contribution is -2.29. The van der Waals surface area contributed by atoms with Crippen molar-refractivity contribution < 1.29 is 19.4 Å². The molecule has 1 amide bonds. The minimum atomic E-state index is -1.03. The van der Waals surface area contributed by atoms with Gasteiger partial charge in [-0.3, -0.25) is 9.69 Å². The maximum Gasteiger partial charge on any atom is 0.335 e. The molecule has 1 heterocycles. The van der Waals surface area contributed by atoms with E-state index in [9.17, 15) is 14.7 Å². The first kappa shape index (κ1) is 20.4. The van der Waals surface area contributed by atoms with Crippen LogP contribution in [0.5, 0.6) is 5.75 Å². The molecule has 1 aliphatic rings. The highest BCUT2D eigenvalue weighted by atomic mass is 32.2. The van der Waals surface area contributed by atoms with Crippen molar-refractivity contribution in [3.8, 4) is 5.75 Å². The van der Waals surface area contributed by atoms with E-state index in [-0.39, 0.29) is 11.5 Å². The Kier molecular flexibility index (Phi) is 6.19. The number of hydrogen-bond donors (Lipinski definition) is 1. The third kappa shape index (κ3) is 4.41. The number of allylic oxidation sites excluding steroid dienone is 1. The quantitative estimate of drug-likeness (QED) is 0.559. The van der Waals surface area contributed by atoms with Crippen molar-refractivity contribution in [2.45, 2.75) is 6.92 Å². The highest BCUT2D eigenvalue weighted by Crippen LogP contribution is 2.38. The molecule has 6 nitrogen and oxygen atoms in total. The van der Waals surface area contributed by atoms with E-state index in [1.54, 1.807) is 25.3 Å². The molecule has 1 saturated heterocycles. The predicted molar refractivity (Wildman–Crippen MR) is 116 cm³/mol. The van der Waals surface area contributed by atoms with Crippen LogP contribution in [0, 0.1) is 0 Å². The number of hydrogen-bond acceptors (Lipinski definition) is 5. The molecule has 1 aliphatic heterocycles. The maximum atomic E-state index is 13.0. The molecule has 2 aromatic rings. The van der Waals surface area contributed by atoms with Crippen LogP contribution in [0.4, 0.5) is 5.69 Å². The molecular formula is C22H20N2O4S. The summed E-state index contributed by atoms with van der Waals surface area (Å²) in [7, 11) is 1.60. The second-order valence-electron chi connectivity index (χ2n) is 6.24. The molecule has 7 heteroatoms. The monoisotopic (exact) mass is 408 g/mol. The molecule has 148 valence electrons. The number of carbonyl (C=O) groups excluding carboxylic acids is 1. The van der Waals surface area contributed by atoms with Gasteiger partial charge >= 0.3 is 5.97 Å². The number of aliphatic imine (C=N–C) groups is 1. The number of ether oxygens (including phenoxy) is 1. The van der Waals surface area contributed by atoms with Crippen LogP contribution >= 0.6 is 11.8 Å². The van der Waals surface area contributed by atoms with E-state index in [1.807, 2.05) is 31.2 Å². The number of nitrogens with zero attached hydrogens (tertiary/aromatic N) is 2. The van der Waals surface area contributed by atoms with Crippen molar-refractivity contribution in [2.24, 2.45) is 4.99 Å². The third-order valence-corrected chi connectivity index (χ3v) is 5.52. The topological polar surface area (TPSA) is 79.2 Å². The van der Waals surface area contributed by atoms with Gasteiger partial charge in [0.25, 0.3) is 5.91 Å². The molecule has 0 saturated carbocycles. The van der Waals surface area contributed by atoms with E-state index in [4.69, 9.17) is 4.74 Å². The maximum absolute atomic E-state index is 13.0. The van der Waals surface area contributed by atoms with E-state index in [2.05, 4.69) is 11.6 Å². The van der Waals surface area contributed by atoms with Crippen LogP contribution in [-0.4, -0.2) is 40.7 Å². The minimum Gasteiger partial charge on any atom is -0.497 e. The standard InChI is InChI=1S/C22H20N2O4S/c1-4-11-24-20(25)19(14(2)15-7-6-10-18(13-15)28-3)29-22(24)23-17-9-5-8-16(12-17)21(26)27/h4-10,12-13H,1,11H2,2-3H3,(H,26,27)/b19-14-,23-22?. The van der Waals surface area contributed by atoms with Crippen LogP contribution in [-0.2, 0) is 4.79 Å². The fourth-order valence-corrected chi connectivity index (χ4v) is 3.89. The predicted octanol–water partition coefficient (Wildman–Crippen LogP) is 4.57. The van der Waals surface area contributed by atoms with Crippen molar-refractivity contribution in [3.63, 3.8) is 0 Å². The Morgan fingerprint density at radius 3 is 2.66 bits per heavy atom. The van der Waals surface area contributed by atoms with Crippen LogP contribution in [0.3, 0.4) is 0 Å². The van der Waals surface area contributed by atoms with Gasteiger partial charge in [-0.2, -0.15) is 0 Å². The van der Waals surface area contributed by atoms with Crippen molar-refractivity contribution >= 4 is 40.1 Å². The number of amides is 1. The Morgan fingerprint density at radius 1 is 1.24 bits per heavy atom. The van der Waals surface area contributed by atoms with E-state index >= 15 is 0 Å². The first-order chi connectivity index (χ1) is 13.9. The van der Waals surface area contributed by atoms with Crippen LogP contribution in [0.25, 0.3) is 5.57 Å². The van der Waals surface area contributed by atoms with Crippen LogP contribution in [0.2, 0.25) is 0 Å². The van der Waals surface area contributed by atoms with Crippen molar-refractivity contribution in [1.82, 2.24) is 4.90 Å². The van der Waals surface area contributed by atoms with Gasteiger partial charge in [0.15, 0.2) is 5.17 Å². The number of carbonyl (C=O) groups is 2. The van der Waals surface area contributed by atoms with E-state index in [0.717, 1.165) is 11.1 Å². The zero-order valence-corrected chi connectivity index (χ0v) is 16.9. The summed E-state index contributed by atoms with van der Waals surface area (Å²) in [5.74, 6) is -0.483. The lowest BCUT2D eigenvalue weighted by atomic mass is 10.1. The second-order valence-corrected chi connectivity index (χ2v) is 7.22. The zero-order chi connectivity index (χ0) is 21.0. The molecular weight excluding hydrogens is 388 g/mol. The number of amidine groups is 1. The van der Waals surface area contributed by atoms with Gasteiger partial charge in [-0.1, -0.05) is 24.3 Å². The summed E-state index contributed by atoms with van der Waals surface area (Å²) in [5.41, 5.74) is 2.31. The summed E-state index contributed by atoms with van der Waals surface area (Å²) in [4.78, 5) is 30.9. The largest absolute Gasteiger partial charge is 0.497 e. The Balaban J connectivity index is 2.03. The van der Waals surface area contributed by atoms with E-state index < -0.39 is 5.97 Å². The highest BCUT2D eigenvalue weighted by molar-refractivity contribution is 8.18. The van der Waals surface area contributed by atoms with Gasteiger partial charge in [-0.25, -0.2) is 9.79 Å². The second kappa shape index (κ2) is 8.79. The zero-order valence-electron chi connectivity index (χ0n) is 16.1. The van der Waals surface area contributed by atoms with Gasteiger partial charge < -0.3 is 9.84 Å². The van der Waals surface area contributed by atoms with E-state index in [0.29, 0.717) is 28.1 Å². The molecule has 1 N–H and O–H groups in total. The average Bonchev–Trinajstić information content (AvgIpc) is 3.03. The Labute approximate surface area is 173 Å². The fraction of sp³-hybridized carbons (Fsp3) is 0.136. The van der Waals surface area contributed by atoms with E-state index in [1.165, 1.54) is 28.8 Å². The number of benzene rings is 2. The lowest BCUT2D eigenvalue weighted by molar-refractivity contribution is -0.121. The first-order valence-electron chi connectivity index (χ1n) is 8.82. The first-order valence-corrected chi connectivity index (χ1v) is 9.64. The highest BCUT2D eigenvalue weighted by Gasteiger charge is 2.34. The lowest BCUT2D eigenvalue weighted by Gasteiger charge is -2.13. The summed E-state index contributed by atoms with van der Waals surface area (Å²) in [6.45, 7) is 5.91. The van der Waals surface area contributed by atoms with Crippen molar-refractivity contribution in [1.29, 1.82) is 0 Å². The van der Waals surface area contributed by atoms with Gasteiger partial charge in [-0.15, -0.1) is 6.58 Å². The van der Waals surface area contributed by atoms with Gasteiger partial charge in [0.2, 0.25) is 0 Å². The average molecular weight is 408 g/mol. The molecule has 0 atom stereocenters. The minimum absolute atomic E-state index is 0.139. The molecule has 0 unspecified atom stereocenters. The number of carboxylic acid groups (broad SMARTS) is 1. The number of rotatable bonds is 6.